The molecule has 0 aliphatic carbocycles. The van der Waals surface area contributed by atoms with Gasteiger partial charge in [-0.05, 0) is 12.1 Å². The second-order valence-electron chi connectivity index (χ2n) is 2.13. The van der Waals surface area contributed by atoms with E-state index in [1.54, 1.807) is 18.0 Å². The first-order chi connectivity index (χ1) is 5.83. The zero-order valence-corrected chi connectivity index (χ0v) is 9.29. The Morgan fingerprint density at radius 3 is 3.08 bits per heavy atom. The van der Waals surface area contributed by atoms with Crippen LogP contribution in [0.15, 0.2) is 29.4 Å². The Balaban J connectivity index is 2.38. The zero-order chi connectivity index (χ0) is 8.81. The molecule has 1 unspecified atom stereocenters. The van der Waals surface area contributed by atoms with Gasteiger partial charge in [0.1, 0.15) is 6.29 Å². The van der Waals surface area contributed by atoms with Gasteiger partial charge in [0.25, 0.3) is 0 Å². The Bertz CT molecular complexity index is 242. The molecule has 2 nitrogen and oxygen atoms in total. The molecule has 0 aliphatic heterocycles. The number of aromatic nitrogens is 1. The highest BCUT2D eigenvalue weighted by molar-refractivity contribution is 14.1. The Hall–Kier alpha value is -0.100. The van der Waals surface area contributed by atoms with Crippen LogP contribution in [0.1, 0.15) is 0 Å². The van der Waals surface area contributed by atoms with Crippen molar-refractivity contribution in [1.29, 1.82) is 0 Å². The van der Waals surface area contributed by atoms with E-state index in [0.29, 0.717) is 0 Å². The minimum absolute atomic E-state index is 0.0783. The monoisotopic (exact) mass is 293 g/mol. The zero-order valence-electron chi connectivity index (χ0n) is 6.31. The number of hydrogen-bond donors (Lipinski definition) is 0. The van der Waals surface area contributed by atoms with Crippen molar-refractivity contribution in [1.82, 2.24) is 4.98 Å². The fourth-order valence-corrected chi connectivity index (χ4v) is 1.89. The maximum atomic E-state index is 10.3. The van der Waals surface area contributed by atoms with Gasteiger partial charge in [-0.3, -0.25) is 0 Å². The van der Waals surface area contributed by atoms with Crippen LogP contribution < -0.4 is 0 Å². The van der Waals surface area contributed by atoms with Gasteiger partial charge in [0.2, 0.25) is 0 Å². The van der Waals surface area contributed by atoms with Crippen molar-refractivity contribution < 1.29 is 4.79 Å². The molecule has 0 saturated carbocycles. The van der Waals surface area contributed by atoms with Crippen LogP contribution >= 0.6 is 34.4 Å². The number of aldehydes is 1. The number of rotatable bonds is 4. The van der Waals surface area contributed by atoms with E-state index in [0.717, 1.165) is 17.1 Å². The Kier molecular flexibility index (Phi) is 4.60. The summed E-state index contributed by atoms with van der Waals surface area (Å²) < 4.78 is 0.0783. The highest BCUT2D eigenvalue weighted by Crippen LogP contribution is 2.17. The number of hydrogen-bond acceptors (Lipinski definition) is 3. The second-order valence-corrected chi connectivity index (χ2v) is 4.77. The molecule has 12 heavy (non-hydrogen) atoms. The van der Waals surface area contributed by atoms with Gasteiger partial charge < -0.3 is 4.79 Å². The van der Waals surface area contributed by atoms with Crippen molar-refractivity contribution in [2.45, 2.75) is 8.95 Å². The van der Waals surface area contributed by atoms with Crippen LogP contribution in [-0.2, 0) is 4.79 Å². The lowest BCUT2D eigenvalue weighted by Gasteiger charge is -2.00. The average Bonchev–Trinajstić information content (AvgIpc) is 2.16. The van der Waals surface area contributed by atoms with E-state index in [4.69, 9.17) is 0 Å². The van der Waals surface area contributed by atoms with Crippen molar-refractivity contribution in [3.8, 4) is 0 Å². The highest BCUT2D eigenvalue weighted by atomic mass is 127. The SMILES string of the molecule is O=CC(I)CSc1ccccn1. The fraction of sp³-hybridized carbons (Fsp3) is 0.250. The van der Waals surface area contributed by atoms with Crippen molar-refractivity contribution in [2.75, 3.05) is 5.75 Å². The summed E-state index contributed by atoms with van der Waals surface area (Å²) in [6, 6.07) is 5.77. The van der Waals surface area contributed by atoms with Crippen molar-refractivity contribution in [3.05, 3.63) is 24.4 Å². The van der Waals surface area contributed by atoms with E-state index >= 15 is 0 Å². The number of nitrogens with zero attached hydrogens (tertiary/aromatic N) is 1. The molecule has 0 radical (unpaired) electrons. The van der Waals surface area contributed by atoms with Crippen molar-refractivity contribution in [2.24, 2.45) is 0 Å². The third-order valence-corrected chi connectivity index (χ3v) is 3.57. The van der Waals surface area contributed by atoms with Gasteiger partial charge in [-0.15, -0.1) is 11.8 Å². The lowest BCUT2D eigenvalue weighted by atomic mass is 10.5. The molecule has 0 aromatic carbocycles. The largest absolute Gasteiger partial charge is 0.302 e. The van der Waals surface area contributed by atoms with Gasteiger partial charge in [-0.2, -0.15) is 0 Å². The van der Waals surface area contributed by atoms with E-state index in [-0.39, 0.29) is 3.92 Å². The van der Waals surface area contributed by atoms with Crippen LogP contribution in [0.4, 0.5) is 0 Å². The normalized spacial score (nSPS) is 12.4. The van der Waals surface area contributed by atoms with E-state index in [9.17, 15) is 4.79 Å². The maximum absolute atomic E-state index is 10.3. The molecular formula is C8H8INOS. The van der Waals surface area contributed by atoms with Crippen LogP contribution in [0.25, 0.3) is 0 Å². The summed E-state index contributed by atoms with van der Waals surface area (Å²) in [5.74, 6) is 0.793. The number of halogens is 1. The molecule has 1 atom stereocenters. The van der Waals surface area contributed by atoms with Crippen LogP contribution in [0.2, 0.25) is 0 Å². The first-order valence-electron chi connectivity index (χ1n) is 3.46. The predicted molar refractivity (Wildman–Crippen MR) is 58.8 cm³/mol. The van der Waals surface area contributed by atoms with Crippen LogP contribution in [0, 0.1) is 0 Å². The quantitative estimate of drug-likeness (QED) is 0.369. The number of pyridine rings is 1. The lowest BCUT2D eigenvalue weighted by molar-refractivity contribution is -0.106. The first kappa shape index (κ1) is 9.98. The average molecular weight is 293 g/mol. The molecule has 0 amide bonds. The van der Waals surface area contributed by atoms with E-state index in [2.05, 4.69) is 27.6 Å². The van der Waals surface area contributed by atoms with E-state index in [1.165, 1.54) is 0 Å². The molecule has 1 rings (SSSR count). The summed E-state index contributed by atoms with van der Waals surface area (Å²) in [7, 11) is 0. The van der Waals surface area contributed by atoms with Gasteiger partial charge in [-0.1, -0.05) is 28.7 Å². The number of thioether (sulfide) groups is 1. The molecule has 0 N–H and O–H groups in total. The molecule has 0 bridgehead atoms. The van der Waals surface area contributed by atoms with Gasteiger partial charge in [0, 0.05) is 11.9 Å². The third kappa shape index (κ3) is 3.53. The predicted octanol–water partition coefficient (Wildman–Crippen LogP) is 2.18. The molecule has 1 aromatic heterocycles. The summed E-state index contributed by atoms with van der Waals surface area (Å²) >= 11 is 3.72. The Morgan fingerprint density at radius 2 is 2.50 bits per heavy atom. The summed E-state index contributed by atoms with van der Waals surface area (Å²) in [4.78, 5) is 14.4. The molecule has 0 fully saturated rings. The van der Waals surface area contributed by atoms with E-state index < -0.39 is 0 Å². The Morgan fingerprint density at radius 1 is 1.67 bits per heavy atom. The van der Waals surface area contributed by atoms with Crippen LogP contribution in [0.3, 0.4) is 0 Å². The smallest absolute Gasteiger partial charge is 0.133 e. The van der Waals surface area contributed by atoms with Gasteiger partial charge in [0.05, 0.1) is 8.95 Å². The van der Waals surface area contributed by atoms with Crippen LogP contribution in [0.5, 0.6) is 0 Å². The van der Waals surface area contributed by atoms with Gasteiger partial charge in [-0.25, -0.2) is 4.98 Å². The van der Waals surface area contributed by atoms with Crippen LogP contribution in [-0.4, -0.2) is 20.9 Å². The summed E-state index contributed by atoms with van der Waals surface area (Å²) in [5.41, 5.74) is 0. The second kappa shape index (κ2) is 5.53. The first-order valence-corrected chi connectivity index (χ1v) is 5.69. The summed E-state index contributed by atoms with van der Waals surface area (Å²) in [5, 5.41) is 0.973. The molecule has 1 aromatic rings. The van der Waals surface area contributed by atoms with Gasteiger partial charge in [0.15, 0.2) is 0 Å². The van der Waals surface area contributed by atoms with Gasteiger partial charge >= 0.3 is 0 Å². The maximum Gasteiger partial charge on any atom is 0.133 e. The highest BCUT2D eigenvalue weighted by Gasteiger charge is 2.02. The Labute approximate surface area is 89.3 Å². The minimum atomic E-state index is 0.0783. The molecule has 0 aliphatic rings. The topological polar surface area (TPSA) is 30.0 Å². The molecule has 0 saturated heterocycles. The molecule has 1 heterocycles. The molecule has 0 spiro atoms. The minimum Gasteiger partial charge on any atom is -0.302 e. The van der Waals surface area contributed by atoms with Crippen molar-refractivity contribution in [3.63, 3.8) is 0 Å². The molecule has 64 valence electrons. The molecule has 4 heteroatoms. The summed E-state index contributed by atoms with van der Waals surface area (Å²) in [6.45, 7) is 0. The number of alkyl halides is 1. The van der Waals surface area contributed by atoms with E-state index in [1.807, 2.05) is 18.2 Å². The standard InChI is InChI=1S/C8H8INOS/c9-7(5-11)6-12-8-3-1-2-4-10-8/h1-5,7H,6H2. The number of carbonyl (C=O) groups is 1. The fourth-order valence-electron chi connectivity index (χ4n) is 0.637. The van der Waals surface area contributed by atoms with Crippen molar-refractivity contribution >= 4 is 40.6 Å². The molecular weight excluding hydrogens is 285 g/mol. The lowest BCUT2D eigenvalue weighted by Crippen LogP contribution is -2.01. The third-order valence-electron chi connectivity index (χ3n) is 1.18. The summed E-state index contributed by atoms with van der Waals surface area (Å²) in [6.07, 6.45) is 2.71. The number of carbonyl (C=O) groups excluding carboxylic acids is 1.